The Balaban J connectivity index is 1.50. The molecule has 0 spiro atoms. The maximum Gasteiger partial charge on any atom is 0.248 e. The zero-order chi connectivity index (χ0) is 28.5. The predicted molar refractivity (Wildman–Crippen MR) is 165 cm³/mol. The van der Waals surface area contributed by atoms with E-state index in [0.29, 0.717) is 17.9 Å². The molecule has 1 aliphatic rings. The second-order valence-corrected chi connectivity index (χ2v) is 10.7. The van der Waals surface area contributed by atoms with Crippen LogP contribution in [0.25, 0.3) is 6.08 Å². The summed E-state index contributed by atoms with van der Waals surface area (Å²) in [7, 11) is 0. The molecule has 0 aromatic heterocycles. The molecule has 0 saturated carbocycles. The van der Waals surface area contributed by atoms with Crippen molar-refractivity contribution in [3.63, 3.8) is 0 Å². The maximum atomic E-state index is 13.7. The van der Waals surface area contributed by atoms with Gasteiger partial charge in [-0.05, 0) is 66.6 Å². The Bertz CT molecular complexity index is 1310. The molecule has 3 aromatic rings. The van der Waals surface area contributed by atoms with Crippen molar-refractivity contribution in [2.24, 2.45) is 0 Å². The molecular formula is C31H36BrN5O3. The van der Waals surface area contributed by atoms with Crippen LogP contribution in [0.5, 0.6) is 0 Å². The molecule has 210 valence electrons. The number of hydrogen-bond donors (Lipinski definition) is 4. The number of carbonyl (C=O) groups is 2. The fraction of sp³-hybridized carbons (Fsp3) is 0.290. The van der Waals surface area contributed by atoms with Gasteiger partial charge in [-0.1, -0.05) is 59.3 Å². The molecule has 2 unspecified atom stereocenters. The van der Waals surface area contributed by atoms with E-state index >= 15 is 0 Å². The number of benzene rings is 3. The Morgan fingerprint density at radius 3 is 2.50 bits per heavy atom. The molecule has 1 heterocycles. The number of nitrogens with one attached hydrogen (secondary N) is 2. The number of halogens is 1. The minimum absolute atomic E-state index is 0.101. The number of nitrogen functional groups attached to an aromatic ring is 1. The zero-order valence-corrected chi connectivity index (χ0v) is 24.2. The minimum atomic E-state index is -0.483. The number of nitrogens with zero attached hydrogens (tertiary/aromatic N) is 2. The van der Waals surface area contributed by atoms with Crippen LogP contribution in [-0.2, 0) is 9.59 Å². The molecule has 40 heavy (non-hydrogen) atoms. The number of aliphatic hydroxyl groups excluding tert-OH is 1. The summed E-state index contributed by atoms with van der Waals surface area (Å²) in [6.07, 6.45) is 4.12. The molecule has 3 aromatic carbocycles. The van der Waals surface area contributed by atoms with Crippen LogP contribution in [0.2, 0.25) is 0 Å². The highest BCUT2D eigenvalue weighted by molar-refractivity contribution is 9.10. The summed E-state index contributed by atoms with van der Waals surface area (Å²) in [6, 6.07) is 22.1. The fourth-order valence-corrected chi connectivity index (χ4v) is 5.31. The second-order valence-electron chi connectivity index (χ2n) is 9.76. The Labute approximate surface area is 244 Å². The summed E-state index contributed by atoms with van der Waals surface area (Å²) in [5, 5.41) is 15.3. The van der Waals surface area contributed by atoms with Gasteiger partial charge in [-0.15, -0.1) is 0 Å². The van der Waals surface area contributed by atoms with E-state index in [9.17, 15) is 14.7 Å². The summed E-state index contributed by atoms with van der Waals surface area (Å²) in [5.41, 5.74) is 9.42. The van der Waals surface area contributed by atoms with E-state index in [1.54, 1.807) is 18.2 Å². The molecule has 1 aliphatic heterocycles. The van der Waals surface area contributed by atoms with Gasteiger partial charge < -0.3 is 21.5 Å². The summed E-state index contributed by atoms with van der Waals surface area (Å²) in [5.74, 6) is -0.378. The number of amides is 2. The van der Waals surface area contributed by atoms with Crippen LogP contribution < -0.4 is 16.4 Å². The predicted octanol–water partition coefficient (Wildman–Crippen LogP) is 4.75. The molecule has 4 rings (SSSR count). The number of hydrogen-bond acceptors (Lipinski definition) is 6. The van der Waals surface area contributed by atoms with Crippen LogP contribution in [0.1, 0.15) is 30.5 Å². The first-order valence-electron chi connectivity index (χ1n) is 13.5. The van der Waals surface area contributed by atoms with Crippen molar-refractivity contribution in [1.29, 1.82) is 0 Å². The Morgan fingerprint density at radius 2 is 1.82 bits per heavy atom. The van der Waals surface area contributed by atoms with E-state index in [-0.39, 0.29) is 24.5 Å². The number of likely N-dealkylation sites (tertiary alicyclic amines) is 1. The van der Waals surface area contributed by atoms with Crippen molar-refractivity contribution in [3.05, 3.63) is 94.5 Å². The number of likely N-dealkylation sites (N-methyl/N-ethyl adjacent to an activating group) is 1. The molecule has 1 fully saturated rings. The first-order valence-corrected chi connectivity index (χ1v) is 14.3. The third-order valence-corrected chi connectivity index (χ3v) is 7.66. The topological polar surface area (TPSA) is 111 Å². The number of anilines is 3. The van der Waals surface area contributed by atoms with Crippen LogP contribution in [0, 0.1) is 0 Å². The van der Waals surface area contributed by atoms with Crippen molar-refractivity contribution in [3.8, 4) is 0 Å². The molecule has 0 radical (unpaired) electrons. The lowest BCUT2D eigenvalue weighted by atomic mass is 10.0. The second kappa shape index (κ2) is 14.2. The highest BCUT2D eigenvalue weighted by atomic mass is 79.9. The van der Waals surface area contributed by atoms with Crippen molar-refractivity contribution in [2.45, 2.75) is 25.4 Å². The average Bonchev–Trinajstić information content (AvgIpc) is 3.43. The van der Waals surface area contributed by atoms with Crippen molar-refractivity contribution >= 4 is 50.9 Å². The van der Waals surface area contributed by atoms with E-state index in [2.05, 4.69) is 43.3 Å². The first-order chi connectivity index (χ1) is 19.4. The smallest absolute Gasteiger partial charge is 0.248 e. The van der Waals surface area contributed by atoms with Crippen LogP contribution >= 0.6 is 15.9 Å². The van der Waals surface area contributed by atoms with Crippen molar-refractivity contribution < 1.29 is 14.7 Å². The quantitative estimate of drug-likeness (QED) is 0.185. The lowest BCUT2D eigenvalue weighted by molar-refractivity contribution is -0.121. The molecule has 5 N–H and O–H groups in total. The maximum absolute atomic E-state index is 13.7. The van der Waals surface area contributed by atoms with Crippen molar-refractivity contribution in [1.82, 2.24) is 9.80 Å². The van der Waals surface area contributed by atoms with Gasteiger partial charge in [0.1, 0.15) is 6.04 Å². The van der Waals surface area contributed by atoms with E-state index in [1.165, 1.54) is 6.08 Å². The average molecular weight is 607 g/mol. The molecule has 0 bridgehead atoms. The summed E-state index contributed by atoms with van der Waals surface area (Å²) in [4.78, 5) is 30.5. The summed E-state index contributed by atoms with van der Waals surface area (Å²) < 4.78 is 0.942. The Kier molecular flexibility index (Phi) is 10.5. The fourth-order valence-electron chi connectivity index (χ4n) is 5.05. The van der Waals surface area contributed by atoms with Gasteiger partial charge in [0, 0.05) is 41.9 Å². The summed E-state index contributed by atoms with van der Waals surface area (Å²) >= 11 is 3.44. The van der Waals surface area contributed by atoms with Gasteiger partial charge in [0.2, 0.25) is 11.8 Å². The summed E-state index contributed by atoms with van der Waals surface area (Å²) in [6.45, 7) is 5.18. The highest BCUT2D eigenvalue weighted by Gasteiger charge is 2.35. The number of para-hydroxylation sites is 2. The lowest BCUT2D eigenvalue weighted by Gasteiger charge is -2.30. The number of carbonyl (C=O) groups excluding carboxylic acids is 2. The normalized spacial score (nSPS) is 16.4. The standard InChI is InChI=1S/C31H36BrN5O3/c1-2-36(19-20-38)26-17-18-37(21-26)30(31(40)34-25-14-12-24(32)13-15-25)23-10-7-22(8-11-23)9-16-29(39)35-28-6-4-3-5-27(28)33/h3-16,26,30,38H,2,17-21,33H2,1H3,(H,34,40)(H,35,39)/b16-9+. The van der Waals surface area contributed by atoms with E-state index in [1.807, 2.05) is 60.7 Å². The number of rotatable bonds is 11. The number of nitrogens with two attached hydrogens (primary N) is 1. The van der Waals surface area contributed by atoms with Gasteiger partial charge in [0.25, 0.3) is 0 Å². The van der Waals surface area contributed by atoms with E-state index < -0.39 is 6.04 Å². The molecule has 0 aliphatic carbocycles. The molecule has 2 amide bonds. The minimum Gasteiger partial charge on any atom is -0.397 e. The molecular weight excluding hydrogens is 570 g/mol. The van der Waals surface area contributed by atoms with Gasteiger partial charge in [0.05, 0.1) is 18.0 Å². The molecule has 9 heteroatoms. The molecule has 8 nitrogen and oxygen atoms in total. The Morgan fingerprint density at radius 1 is 1.10 bits per heavy atom. The van der Waals surface area contributed by atoms with E-state index in [4.69, 9.17) is 5.73 Å². The van der Waals surface area contributed by atoms with Crippen LogP contribution in [-0.4, -0.2) is 65.5 Å². The molecule has 1 saturated heterocycles. The SMILES string of the molecule is CCN(CCO)C1CCN(C(C(=O)Nc2ccc(Br)cc2)c2ccc(/C=C/C(=O)Nc3ccccc3N)cc2)C1. The van der Waals surface area contributed by atoms with Crippen LogP contribution in [0.4, 0.5) is 17.1 Å². The zero-order valence-electron chi connectivity index (χ0n) is 22.6. The van der Waals surface area contributed by atoms with Gasteiger partial charge in [-0.2, -0.15) is 0 Å². The lowest BCUT2D eigenvalue weighted by Crippen LogP contribution is -2.41. The third kappa shape index (κ3) is 7.79. The van der Waals surface area contributed by atoms with E-state index in [0.717, 1.165) is 47.3 Å². The highest BCUT2D eigenvalue weighted by Crippen LogP contribution is 2.29. The number of aliphatic hydroxyl groups is 1. The van der Waals surface area contributed by atoms with Crippen molar-refractivity contribution in [2.75, 3.05) is 49.2 Å². The Hall–Kier alpha value is -3.50. The molecule has 2 atom stereocenters. The van der Waals surface area contributed by atoms with Gasteiger partial charge in [-0.25, -0.2) is 0 Å². The van der Waals surface area contributed by atoms with Crippen LogP contribution in [0.3, 0.4) is 0 Å². The van der Waals surface area contributed by atoms with Gasteiger partial charge >= 0.3 is 0 Å². The van der Waals surface area contributed by atoms with Gasteiger partial charge in [-0.3, -0.25) is 19.4 Å². The van der Waals surface area contributed by atoms with Crippen LogP contribution in [0.15, 0.2) is 83.3 Å². The largest absolute Gasteiger partial charge is 0.397 e. The monoisotopic (exact) mass is 605 g/mol. The third-order valence-electron chi connectivity index (χ3n) is 7.13. The van der Waals surface area contributed by atoms with Gasteiger partial charge in [0.15, 0.2) is 0 Å². The first kappa shape index (κ1) is 29.5.